The summed E-state index contributed by atoms with van der Waals surface area (Å²) in [6.07, 6.45) is 5.82. The normalized spacial score (nSPS) is 12.9. The third-order valence-electron chi connectivity index (χ3n) is 5.26. The molecule has 5 heteroatoms. The minimum absolute atomic E-state index is 0.131. The van der Waals surface area contributed by atoms with Crippen LogP contribution in [0.15, 0.2) is 48.8 Å². The highest BCUT2D eigenvalue weighted by Crippen LogP contribution is 2.27. The van der Waals surface area contributed by atoms with E-state index in [9.17, 15) is 4.39 Å². The molecule has 1 atom stereocenters. The van der Waals surface area contributed by atoms with Crippen molar-refractivity contribution >= 4 is 0 Å². The Hall–Kier alpha value is -2.53. The van der Waals surface area contributed by atoms with Crippen LogP contribution in [-0.2, 0) is 17.6 Å². The number of rotatable bonds is 8. The zero-order valence-electron chi connectivity index (χ0n) is 17.0. The summed E-state index contributed by atoms with van der Waals surface area (Å²) in [5.41, 5.74) is 4.24. The van der Waals surface area contributed by atoms with Crippen LogP contribution in [0.4, 0.5) is 4.39 Å². The molecular weight excluding hydrogens is 353 g/mol. The molecule has 0 saturated carbocycles. The molecule has 0 aliphatic rings. The van der Waals surface area contributed by atoms with Crippen molar-refractivity contribution < 1.29 is 9.13 Å². The maximum atomic E-state index is 13.0. The summed E-state index contributed by atoms with van der Waals surface area (Å²) in [5.74, 6) is 0.525. The van der Waals surface area contributed by atoms with Crippen LogP contribution in [-0.4, -0.2) is 22.1 Å². The van der Waals surface area contributed by atoms with E-state index in [0.717, 1.165) is 47.6 Å². The molecule has 0 aliphatic carbocycles. The smallest absolute Gasteiger partial charge is 0.141 e. The highest BCUT2D eigenvalue weighted by molar-refractivity contribution is 5.59. The predicted octanol–water partition coefficient (Wildman–Crippen LogP) is 5.52. The number of aromatic amines is 1. The number of hydrogen-bond donors (Lipinski definition) is 1. The van der Waals surface area contributed by atoms with Gasteiger partial charge in [-0.05, 0) is 29.5 Å². The Balaban J connectivity index is 1.69. The number of aromatic nitrogens is 3. The predicted molar refractivity (Wildman–Crippen MR) is 109 cm³/mol. The molecule has 2 aromatic heterocycles. The molecule has 28 heavy (non-hydrogen) atoms. The second kappa shape index (κ2) is 8.65. The first-order valence-electron chi connectivity index (χ1n) is 9.67. The highest BCUT2D eigenvalue weighted by atomic mass is 19.1. The Morgan fingerprint density at radius 1 is 1.07 bits per heavy atom. The first-order chi connectivity index (χ1) is 13.4. The van der Waals surface area contributed by atoms with Gasteiger partial charge in [0.05, 0.1) is 11.9 Å². The van der Waals surface area contributed by atoms with Crippen molar-refractivity contribution in [2.45, 2.75) is 46.1 Å². The second-order valence-corrected chi connectivity index (χ2v) is 7.98. The van der Waals surface area contributed by atoms with Crippen LogP contribution in [0.1, 0.15) is 50.4 Å². The average Bonchev–Trinajstić information content (AvgIpc) is 3.15. The number of pyridine rings is 1. The molecule has 1 N–H and O–H groups in total. The fraction of sp³-hybridized carbons (Fsp3) is 0.391. The van der Waals surface area contributed by atoms with E-state index in [-0.39, 0.29) is 17.3 Å². The summed E-state index contributed by atoms with van der Waals surface area (Å²) < 4.78 is 18.7. The second-order valence-electron chi connectivity index (χ2n) is 7.98. The molecule has 0 radical (unpaired) electrons. The summed E-state index contributed by atoms with van der Waals surface area (Å²) in [5, 5.41) is 0. The van der Waals surface area contributed by atoms with Gasteiger partial charge in [0.1, 0.15) is 17.7 Å². The van der Waals surface area contributed by atoms with Gasteiger partial charge < -0.3 is 9.72 Å². The zero-order valence-corrected chi connectivity index (χ0v) is 17.0. The van der Waals surface area contributed by atoms with Crippen LogP contribution in [0.25, 0.3) is 11.3 Å². The standard InChI is InChI=1S/C23H28FN3O/c1-5-23(2,3)13-19-15-26-22(27-19)21(28-4)12-16-6-8-17(9-7-16)20-11-10-18(24)14-25-20/h6-11,14-15,21H,5,12-13H2,1-4H3,(H,26,27). The fourth-order valence-electron chi connectivity index (χ4n) is 3.13. The Morgan fingerprint density at radius 2 is 1.82 bits per heavy atom. The van der Waals surface area contributed by atoms with Gasteiger partial charge in [-0.3, -0.25) is 4.98 Å². The lowest BCUT2D eigenvalue weighted by Crippen LogP contribution is -2.14. The number of H-pyrrole nitrogens is 1. The minimum atomic E-state index is -0.330. The van der Waals surface area contributed by atoms with Gasteiger partial charge >= 0.3 is 0 Å². The third-order valence-corrected chi connectivity index (χ3v) is 5.26. The largest absolute Gasteiger partial charge is 0.373 e. The van der Waals surface area contributed by atoms with E-state index >= 15 is 0 Å². The molecule has 0 bridgehead atoms. The third kappa shape index (κ3) is 5.04. The molecule has 4 nitrogen and oxygen atoms in total. The van der Waals surface area contributed by atoms with Crippen molar-refractivity contribution in [3.8, 4) is 11.3 Å². The maximum absolute atomic E-state index is 13.0. The molecule has 0 amide bonds. The Labute approximate surface area is 166 Å². The van der Waals surface area contributed by atoms with Crippen molar-refractivity contribution in [2.24, 2.45) is 5.41 Å². The Morgan fingerprint density at radius 3 is 2.43 bits per heavy atom. The summed E-state index contributed by atoms with van der Waals surface area (Å²) in [6.45, 7) is 6.73. The number of imidazole rings is 1. The van der Waals surface area contributed by atoms with E-state index in [1.807, 2.05) is 18.3 Å². The zero-order chi connectivity index (χ0) is 20.1. The Bertz CT molecular complexity index is 885. The quantitative estimate of drug-likeness (QED) is 0.559. The molecule has 3 rings (SSSR count). The number of nitrogens with zero attached hydrogens (tertiary/aromatic N) is 2. The Kier molecular flexibility index (Phi) is 6.25. The van der Waals surface area contributed by atoms with E-state index < -0.39 is 0 Å². The van der Waals surface area contributed by atoms with Crippen molar-refractivity contribution in [2.75, 3.05) is 7.11 Å². The highest BCUT2D eigenvalue weighted by Gasteiger charge is 2.20. The molecule has 148 valence electrons. The molecule has 0 spiro atoms. The van der Waals surface area contributed by atoms with Crippen LogP contribution in [0, 0.1) is 11.2 Å². The monoisotopic (exact) mass is 381 g/mol. The first-order valence-corrected chi connectivity index (χ1v) is 9.67. The van der Waals surface area contributed by atoms with E-state index in [0.29, 0.717) is 0 Å². The number of hydrogen-bond acceptors (Lipinski definition) is 3. The van der Waals surface area contributed by atoms with Crippen LogP contribution in [0.2, 0.25) is 0 Å². The molecule has 2 heterocycles. The first kappa shape index (κ1) is 20.2. The van der Waals surface area contributed by atoms with Crippen molar-refractivity contribution in [3.05, 3.63) is 71.7 Å². The topological polar surface area (TPSA) is 50.8 Å². The minimum Gasteiger partial charge on any atom is -0.373 e. The van der Waals surface area contributed by atoms with Crippen LogP contribution in [0.5, 0.6) is 0 Å². The van der Waals surface area contributed by atoms with Crippen molar-refractivity contribution in [1.29, 1.82) is 0 Å². The van der Waals surface area contributed by atoms with Crippen molar-refractivity contribution in [1.82, 2.24) is 15.0 Å². The van der Waals surface area contributed by atoms with Gasteiger partial charge in [0, 0.05) is 31.0 Å². The van der Waals surface area contributed by atoms with Gasteiger partial charge in [-0.15, -0.1) is 0 Å². The molecule has 1 aromatic carbocycles. The van der Waals surface area contributed by atoms with E-state index in [1.165, 1.54) is 12.3 Å². The average molecular weight is 381 g/mol. The summed E-state index contributed by atoms with van der Waals surface area (Å²) in [6, 6.07) is 11.2. The lowest BCUT2D eigenvalue weighted by atomic mass is 9.85. The van der Waals surface area contributed by atoms with Gasteiger partial charge in [0.25, 0.3) is 0 Å². The number of benzene rings is 1. The fourth-order valence-corrected chi connectivity index (χ4v) is 3.13. The summed E-state index contributed by atoms with van der Waals surface area (Å²) in [7, 11) is 1.71. The summed E-state index contributed by atoms with van der Waals surface area (Å²) in [4.78, 5) is 12.1. The van der Waals surface area contributed by atoms with E-state index in [2.05, 4.69) is 47.9 Å². The van der Waals surface area contributed by atoms with Gasteiger partial charge in [0.2, 0.25) is 0 Å². The van der Waals surface area contributed by atoms with Crippen LogP contribution in [0.3, 0.4) is 0 Å². The number of halogens is 1. The van der Waals surface area contributed by atoms with Gasteiger partial charge in [-0.2, -0.15) is 0 Å². The molecule has 0 aliphatic heterocycles. The molecular formula is C23H28FN3O. The number of ether oxygens (including phenoxy) is 1. The van der Waals surface area contributed by atoms with E-state index in [4.69, 9.17) is 4.74 Å². The van der Waals surface area contributed by atoms with Gasteiger partial charge in [-0.25, -0.2) is 9.37 Å². The molecule has 0 fully saturated rings. The molecule has 0 saturated heterocycles. The lowest BCUT2D eigenvalue weighted by Gasteiger charge is -2.21. The molecule has 3 aromatic rings. The maximum Gasteiger partial charge on any atom is 0.141 e. The van der Waals surface area contributed by atoms with Crippen LogP contribution < -0.4 is 0 Å². The van der Waals surface area contributed by atoms with Gasteiger partial charge in [-0.1, -0.05) is 51.5 Å². The van der Waals surface area contributed by atoms with Gasteiger partial charge in [0.15, 0.2) is 0 Å². The summed E-state index contributed by atoms with van der Waals surface area (Å²) >= 11 is 0. The molecule has 1 unspecified atom stereocenters. The number of methoxy groups -OCH3 is 1. The van der Waals surface area contributed by atoms with E-state index in [1.54, 1.807) is 13.2 Å². The lowest BCUT2D eigenvalue weighted by molar-refractivity contribution is 0.0967. The van der Waals surface area contributed by atoms with Crippen molar-refractivity contribution in [3.63, 3.8) is 0 Å². The SMILES string of the molecule is CCC(C)(C)Cc1cnc(C(Cc2ccc(-c3ccc(F)cn3)cc2)OC)[nH]1. The van der Waals surface area contributed by atoms with Crippen LogP contribution >= 0.6 is 0 Å². The number of nitrogens with one attached hydrogen (secondary N) is 1.